The van der Waals surface area contributed by atoms with Crippen LogP contribution in [0.4, 0.5) is 0 Å². The van der Waals surface area contributed by atoms with Gasteiger partial charge in [-0.05, 0) is 37.1 Å². The highest BCUT2D eigenvalue weighted by Gasteiger charge is 2.29. The van der Waals surface area contributed by atoms with Crippen molar-refractivity contribution in [3.63, 3.8) is 0 Å². The Kier molecular flexibility index (Phi) is 4.52. The molecule has 0 spiro atoms. The van der Waals surface area contributed by atoms with Crippen LogP contribution >= 0.6 is 11.8 Å². The average Bonchev–Trinajstić information content (AvgIpc) is 3.04. The van der Waals surface area contributed by atoms with E-state index in [1.165, 1.54) is 4.90 Å². The summed E-state index contributed by atoms with van der Waals surface area (Å²) in [5.41, 5.74) is 0. The number of thioether (sulfide) groups is 1. The molecule has 1 N–H and O–H groups in total. The smallest absolute Gasteiger partial charge is 0.323 e. The lowest BCUT2D eigenvalue weighted by Crippen LogP contribution is -2.37. The highest BCUT2D eigenvalue weighted by molar-refractivity contribution is 7.97. The molecular weight excluding hydrogens is 266 g/mol. The maximum absolute atomic E-state index is 12.2. The first-order valence-electron chi connectivity index (χ1n) is 6.19. The lowest BCUT2D eigenvalue weighted by Gasteiger charge is -2.19. The third-order valence-electron chi connectivity index (χ3n) is 2.95. The minimum Gasteiger partial charge on any atom is -0.480 e. The molecule has 1 aromatic heterocycles. The van der Waals surface area contributed by atoms with Crippen LogP contribution < -0.4 is 0 Å². The molecule has 1 aliphatic rings. The van der Waals surface area contributed by atoms with Gasteiger partial charge in [-0.3, -0.25) is 9.59 Å². The Morgan fingerprint density at radius 2 is 2.21 bits per heavy atom. The van der Waals surface area contributed by atoms with Crippen LogP contribution in [0.2, 0.25) is 0 Å². The number of amides is 1. The van der Waals surface area contributed by atoms with Gasteiger partial charge in [-0.1, -0.05) is 0 Å². The van der Waals surface area contributed by atoms with Gasteiger partial charge in [-0.2, -0.15) is 11.8 Å². The third kappa shape index (κ3) is 4.02. The maximum atomic E-state index is 12.2. The Hall–Kier alpha value is -1.43. The van der Waals surface area contributed by atoms with Gasteiger partial charge in [0.2, 0.25) is 0 Å². The average molecular weight is 283 g/mol. The molecule has 6 heteroatoms. The second kappa shape index (κ2) is 6.14. The zero-order valence-electron chi connectivity index (χ0n) is 10.8. The van der Waals surface area contributed by atoms with Gasteiger partial charge in [0, 0.05) is 6.54 Å². The Morgan fingerprint density at radius 3 is 2.79 bits per heavy atom. The van der Waals surface area contributed by atoms with Crippen molar-refractivity contribution in [2.45, 2.75) is 18.6 Å². The molecular formula is C13H17NO4S. The number of rotatable bonds is 7. The fraction of sp³-hybridized carbons (Fsp3) is 0.538. The van der Waals surface area contributed by atoms with E-state index in [1.807, 2.05) is 6.26 Å². The van der Waals surface area contributed by atoms with Crippen molar-refractivity contribution >= 4 is 23.6 Å². The van der Waals surface area contributed by atoms with Crippen LogP contribution in [0, 0.1) is 5.92 Å². The molecule has 1 aliphatic carbocycles. The van der Waals surface area contributed by atoms with Crippen molar-refractivity contribution < 1.29 is 19.1 Å². The molecule has 5 nitrogen and oxygen atoms in total. The first-order chi connectivity index (χ1) is 9.10. The van der Waals surface area contributed by atoms with E-state index < -0.39 is 5.97 Å². The van der Waals surface area contributed by atoms with Gasteiger partial charge in [0.25, 0.3) is 5.91 Å². The minimum atomic E-state index is -0.995. The van der Waals surface area contributed by atoms with Crippen LogP contribution in [-0.4, -0.2) is 41.2 Å². The van der Waals surface area contributed by atoms with Crippen molar-refractivity contribution in [1.82, 2.24) is 4.90 Å². The van der Waals surface area contributed by atoms with Gasteiger partial charge in [-0.25, -0.2) is 0 Å². The number of carboxylic acids is 1. The Morgan fingerprint density at radius 1 is 1.47 bits per heavy atom. The van der Waals surface area contributed by atoms with E-state index in [4.69, 9.17) is 9.52 Å². The van der Waals surface area contributed by atoms with Crippen molar-refractivity contribution in [3.8, 4) is 0 Å². The Balaban J connectivity index is 2.05. The molecule has 1 amide bonds. The van der Waals surface area contributed by atoms with E-state index >= 15 is 0 Å². The van der Waals surface area contributed by atoms with Gasteiger partial charge < -0.3 is 14.4 Å². The summed E-state index contributed by atoms with van der Waals surface area (Å²) < 4.78 is 5.45. The largest absolute Gasteiger partial charge is 0.480 e. The molecule has 1 saturated carbocycles. The lowest BCUT2D eigenvalue weighted by atomic mass is 10.3. The minimum absolute atomic E-state index is 0.228. The van der Waals surface area contributed by atoms with Gasteiger partial charge >= 0.3 is 5.97 Å². The van der Waals surface area contributed by atoms with E-state index in [0.717, 1.165) is 18.6 Å². The number of furan rings is 1. The molecule has 0 aromatic carbocycles. The molecule has 104 valence electrons. The number of carbonyl (C=O) groups excluding carboxylic acids is 1. The third-order valence-corrected chi connectivity index (χ3v) is 3.52. The van der Waals surface area contributed by atoms with Gasteiger partial charge in [-0.15, -0.1) is 0 Å². The molecule has 0 saturated heterocycles. The second-order valence-corrected chi connectivity index (χ2v) is 5.59. The number of aliphatic carboxylic acids is 1. The summed E-state index contributed by atoms with van der Waals surface area (Å²) in [6.45, 7) is 0.234. The molecule has 1 aromatic rings. The standard InChI is InChI=1S/C13H17NO4S/c1-19-8-10-4-5-11(18-10)13(17)14(7-12(15)16)6-9-2-3-9/h4-5,9H,2-3,6-8H2,1H3,(H,15,16). The van der Waals surface area contributed by atoms with Crippen molar-refractivity contribution in [3.05, 3.63) is 23.7 Å². The zero-order chi connectivity index (χ0) is 13.8. The van der Waals surface area contributed by atoms with Crippen LogP contribution in [-0.2, 0) is 10.5 Å². The fourth-order valence-corrected chi connectivity index (χ4v) is 2.30. The predicted octanol–water partition coefficient (Wildman–Crippen LogP) is 2.08. The molecule has 0 aliphatic heterocycles. The lowest BCUT2D eigenvalue weighted by molar-refractivity contribution is -0.137. The first-order valence-corrected chi connectivity index (χ1v) is 7.58. The summed E-state index contributed by atoms with van der Waals surface area (Å²) in [4.78, 5) is 24.4. The van der Waals surface area contributed by atoms with E-state index in [-0.39, 0.29) is 18.2 Å². The number of carboxylic acid groups (broad SMARTS) is 1. The van der Waals surface area contributed by atoms with E-state index in [0.29, 0.717) is 18.2 Å². The zero-order valence-corrected chi connectivity index (χ0v) is 11.6. The maximum Gasteiger partial charge on any atom is 0.323 e. The second-order valence-electron chi connectivity index (χ2n) is 4.72. The fourth-order valence-electron chi connectivity index (χ4n) is 1.86. The molecule has 19 heavy (non-hydrogen) atoms. The van der Waals surface area contributed by atoms with Gasteiger partial charge in [0.1, 0.15) is 12.3 Å². The van der Waals surface area contributed by atoms with Crippen LogP contribution in [0.3, 0.4) is 0 Å². The van der Waals surface area contributed by atoms with Crippen LogP contribution in [0.25, 0.3) is 0 Å². The Bertz CT molecular complexity index is 467. The van der Waals surface area contributed by atoms with Crippen molar-refractivity contribution in [1.29, 1.82) is 0 Å². The topological polar surface area (TPSA) is 70.8 Å². The summed E-state index contributed by atoms with van der Waals surface area (Å²) >= 11 is 1.61. The van der Waals surface area contributed by atoms with E-state index in [2.05, 4.69) is 0 Å². The molecule has 0 atom stereocenters. The highest BCUT2D eigenvalue weighted by atomic mass is 32.2. The molecule has 2 rings (SSSR count). The van der Waals surface area contributed by atoms with Crippen LogP contribution in [0.15, 0.2) is 16.5 Å². The molecule has 0 bridgehead atoms. The predicted molar refractivity (Wildman–Crippen MR) is 72.2 cm³/mol. The number of hydrogen-bond donors (Lipinski definition) is 1. The first kappa shape index (κ1) is 14.0. The van der Waals surface area contributed by atoms with Crippen LogP contribution in [0.5, 0.6) is 0 Å². The summed E-state index contributed by atoms with van der Waals surface area (Å²) in [6, 6.07) is 3.38. The summed E-state index contributed by atoms with van der Waals surface area (Å²) in [5, 5.41) is 8.87. The highest BCUT2D eigenvalue weighted by Crippen LogP contribution is 2.30. The molecule has 0 unspecified atom stereocenters. The van der Waals surface area contributed by atoms with E-state index in [9.17, 15) is 9.59 Å². The number of hydrogen-bond acceptors (Lipinski definition) is 4. The SMILES string of the molecule is CSCc1ccc(C(=O)N(CC(=O)O)CC2CC2)o1. The van der Waals surface area contributed by atoms with Crippen molar-refractivity contribution in [2.24, 2.45) is 5.92 Å². The molecule has 1 fully saturated rings. The molecule has 0 radical (unpaired) electrons. The van der Waals surface area contributed by atoms with E-state index in [1.54, 1.807) is 23.9 Å². The quantitative estimate of drug-likeness (QED) is 0.829. The number of carbonyl (C=O) groups is 2. The summed E-state index contributed by atoms with van der Waals surface area (Å²) in [7, 11) is 0. The van der Waals surface area contributed by atoms with Gasteiger partial charge in [0.15, 0.2) is 5.76 Å². The monoisotopic (exact) mass is 283 g/mol. The number of nitrogens with zero attached hydrogens (tertiary/aromatic N) is 1. The Labute approximate surface area is 116 Å². The van der Waals surface area contributed by atoms with Crippen LogP contribution in [0.1, 0.15) is 29.2 Å². The van der Waals surface area contributed by atoms with Gasteiger partial charge in [0.05, 0.1) is 5.75 Å². The van der Waals surface area contributed by atoms with Crippen molar-refractivity contribution in [2.75, 3.05) is 19.3 Å². The summed E-state index contributed by atoms with van der Waals surface area (Å²) in [5.74, 6) is 0.786. The molecule has 1 heterocycles. The normalized spacial score (nSPS) is 14.4. The summed E-state index contributed by atoms with van der Waals surface area (Å²) in [6.07, 6.45) is 4.09.